The van der Waals surface area contributed by atoms with E-state index in [0.29, 0.717) is 31.3 Å². The van der Waals surface area contributed by atoms with Crippen LogP contribution in [0, 0.1) is 0 Å². The van der Waals surface area contributed by atoms with E-state index in [1.807, 2.05) is 43.3 Å². The summed E-state index contributed by atoms with van der Waals surface area (Å²) >= 11 is 0. The van der Waals surface area contributed by atoms with E-state index in [1.165, 1.54) is 89.0 Å². The Morgan fingerprint density at radius 2 is 1.36 bits per heavy atom. The Kier molecular flexibility index (Phi) is 17.0. The van der Waals surface area contributed by atoms with Crippen LogP contribution in [0.3, 0.4) is 0 Å². The maximum absolute atomic E-state index is 12.8. The van der Waals surface area contributed by atoms with Crippen LogP contribution in [0.1, 0.15) is 126 Å². The number of hydrogen-bond donors (Lipinski definition) is 3. The molecule has 3 rings (SSSR count). The molecule has 6 nitrogen and oxygen atoms in total. The molecule has 0 aromatic heterocycles. The van der Waals surface area contributed by atoms with E-state index in [1.54, 1.807) is 12.1 Å². The average Bonchev–Trinajstić information content (AvgIpc) is 3.06. The molecule has 1 unspecified atom stereocenters. The number of carbonyl (C=O) groups excluding carboxylic acids is 2. The second-order valence-electron chi connectivity index (χ2n) is 12.2. The lowest BCUT2D eigenvalue weighted by atomic mass is 10.0. The average molecular weight is 617 g/mol. The van der Waals surface area contributed by atoms with Crippen LogP contribution in [0.4, 0.5) is 0 Å². The maximum Gasteiger partial charge on any atom is 0.261 e. The minimum Gasteiger partial charge on any atom is -0.506 e. The summed E-state index contributed by atoms with van der Waals surface area (Å²) in [6.07, 6.45) is 19.2. The maximum atomic E-state index is 12.8. The van der Waals surface area contributed by atoms with Crippen molar-refractivity contribution in [3.05, 3.63) is 71.8 Å². The topological polar surface area (TPSA) is 87.7 Å². The Morgan fingerprint density at radius 1 is 0.711 bits per heavy atom. The predicted molar refractivity (Wildman–Crippen MR) is 186 cm³/mol. The molecule has 0 spiro atoms. The van der Waals surface area contributed by atoms with Crippen LogP contribution >= 0.6 is 0 Å². The van der Waals surface area contributed by atoms with Gasteiger partial charge in [-0.25, -0.2) is 0 Å². The van der Waals surface area contributed by atoms with Gasteiger partial charge in [0.25, 0.3) is 11.8 Å². The molecular formula is C39H56N2O4. The van der Waals surface area contributed by atoms with Crippen LogP contribution < -0.4 is 15.4 Å². The van der Waals surface area contributed by atoms with Gasteiger partial charge in [-0.05, 0) is 54.8 Å². The first-order valence-corrected chi connectivity index (χ1v) is 17.6. The molecule has 6 heteroatoms. The van der Waals surface area contributed by atoms with Crippen molar-refractivity contribution in [2.75, 3.05) is 13.1 Å². The van der Waals surface area contributed by atoms with Crippen LogP contribution in [-0.2, 0) is 11.2 Å². The van der Waals surface area contributed by atoms with E-state index >= 15 is 0 Å². The van der Waals surface area contributed by atoms with Gasteiger partial charge in [0.05, 0.1) is 5.56 Å². The Balaban J connectivity index is 1.27. The second-order valence-corrected chi connectivity index (χ2v) is 12.2. The Bertz CT molecular complexity index is 1290. The standard InChI is InChI=1S/C39H56N2O4/c1-3-5-6-7-8-9-10-11-12-13-14-15-16-21-31-22-19-24-33(30-31)45-36(4-2)39(44)41-29-20-28-40-38(43)35-27-26-32-23-17-18-25-34(32)37(35)42/h17-19,22-27,30,36,42H,3-16,20-21,28-29H2,1-2H3,(H,40,43)(H,41,44). The molecule has 0 aliphatic carbocycles. The minimum absolute atomic E-state index is 0.0183. The number of aromatic hydroxyl groups is 1. The molecule has 0 aliphatic heterocycles. The lowest BCUT2D eigenvalue weighted by Crippen LogP contribution is -2.39. The summed E-state index contributed by atoms with van der Waals surface area (Å²) in [7, 11) is 0. The Morgan fingerprint density at radius 3 is 2.04 bits per heavy atom. The second kappa shape index (κ2) is 21.2. The molecule has 0 bridgehead atoms. The predicted octanol–water partition coefficient (Wildman–Crippen LogP) is 9.27. The smallest absolute Gasteiger partial charge is 0.261 e. The van der Waals surface area contributed by atoms with E-state index in [4.69, 9.17) is 4.74 Å². The summed E-state index contributed by atoms with van der Waals surface area (Å²) in [5.41, 5.74) is 1.49. The number of nitrogens with one attached hydrogen (secondary N) is 2. The fraction of sp³-hybridized carbons (Fsp3) is 0.538. The summed E-state index contributed by atoms with van der Waals surface area (Å²) in [5, 5.41) is 17.8. The molecule has 246 valence electrons. The number of benzene rings is 3. The molecular weight excluding hydrogens is 560 g/mol. The van der Waals surface area contributed by atoms with Gasteiger partial charge in [-0.3, -0.25) is 9.59 Å². The van der Waals surface area contributed by atoms with E-state index < -0.39 is 6.10 Å². The number of carbonyl (C=O) groups is 2. The quantitative estimate of drug-likeness (QED) is 0.0927. The number of ether oxygens (including phenoxy) is 1. The van der Waals surface area contributed by atoms with Gasteiger partial charge in [-0.2, -0.15) is 0 Å². The molecule has 2 amide bonds. The van der Waals surface area contributed by atoms with Crippen molar-refractivity contribution in [2.24, 2.45) is 0 Å². The van der Waals surface area contributed by atoms with E-state index in [0.717, 1.165) is 17.6 Å². The highest BCUT2D eigenvalue weighted by molar-refractivity contribution is 6.03. The molecule has 0 saturated carbocycles. The van der Waals surface area contributed by atoms with Gasteiger partial charge in [-0.1, -0.05) is 133 Å². The summed E-state index contributed by atoms with van der Waals surface area (Å²) in [6, 6.07) is 19.0. The van der Waals surface area contributed by atoms with Crippen LogP contribution in [-0.4, -0.2) is 36.1 Å². The zero-order chi connectivity index (χ0) is 32.1. The van der Waals surface area contributed by atoms with Gasteiger partial charge >= 0.3 is 0 Å². The first-order chi connectivity index (χ1) is 22.0. The first kappa shape index (κ1) is 35.9. The summed E-state index contributed by atoms with van der Waals surface area (Å²) in [6.45, 7) is 5.01. The monoisotopic (exact) mass is 616 g/mol. The van der Waals surface area contributed by atoms with Crippen molar-refractivity contribution < 1.29 is 19.4 Å². The highest BCUT2D eigenvalue weighted by Gasteiger charge is 2.18. The van der Waals surface area contributed by atoms with Crippen molar-refractivity contribution in [3.63, 3.8) is 0 Å². The Hall–Kier alpha value is -3.54. The van der Waals surface area contributed by atoms with Crippen molar-refractivity contribution in [1.82, 2.24) is 10.6 Å². The lowest BCUT2D eigenvalue weighted by Gasteiger charge is -2.18. The van der Waals surface area contributed by atoms with Crippen molar-refractivity contribution in [3.8, 4) is 11.5 Å². The van der Waals surface area contributed by atoms with Gasteiger partial charge < -0.3 is 20.5 Å². The van der Waals surface area contributed by atoms with Crippen LogP contribution in [0.5, 0.6) is 11.5 Å². The molecule has 0 heterocycles. The third kappa shape index (κ3) is 13.2. The molecule has 3 N–H and O–H groups in total. The molecule has 0 radical (unpaired) electrons. The SMILES string of the molecule is CCCCCCCCCCCCCCCc1cccc(OC(CC)C(=O)NCCCNC(=O)c2ccc3ccccc3c2O)c1. The van der Waals surface area contributed by atoms with Gasteiger partial charge in [0, 0.05) is 18.5 Å². The molecule has 3 aromatic carbocycles. The van der Waals surface area contributed by atoms with Crippen LogP contribution in [0.2, 0.25) is 0 Å². The largest absolute Gasteiger partial charge is 0.506 e. The molecule has 0 saturated heterocycles. The summed E-state index contributed by atoms with van der Waals surface area (Å²) in [4.78, 5) is 25.4. The normalized spacial score (nSPS) is 11.8. The summed E-state index contributed by atoms with van der Waals surface area (Å²) < 4.78 is 6.08. The molecule has 0 aliphatic rings. The highest BCUT2D eigenvalue weighted by atomic mass is 16.5. The number of fused-ring (bicyclic) bond motifs is 1. The Labute approximate surface area is 271 Å². The van der Waals surface area contributed by atoms with Gasteiger partial charge in [0.15, 0.2) is 6.10 Å². The van der Waals surface area contributed by atoms with Gasteiger partial charge in [0.2, 0.25) is 0 Å². The third-order valence-corrected chi connectivity index (χ3v) is 8.49. The van der Waals surface area contributed by atoms with Crippen molar-refractivity contribution in [1.29, 1.82) is 0 Å². The number of phenolic OH excluding ortho intramolecular Hbond substituents is 1. The zero-order valence-electron chi connectivity index (χ0n) is 27.8. The molecule has 0 fully saturated rings. The number of unbranched alkanes of at least 4 members (excludes halogenated alkanes) is 12. The fourth-order valence-corrected chi connectivity index (χ4v) is 5.76. The van der Waals surface area contributed by atoms with Crippen molar-refractivity contribution >= 4 is 22.6 Å². The minimum atomic E-state index is -0.569. The number of amides is 2. The van der Waals surface area contributed by atoms with Gasteiger partial charge in [-0.15, -0.1) is 0 Å². The molecule has 45 heavy (non-hydrogen) atoms. The van der Waals surface area contributed by atoms with E-state index in [2.05, 4.69) is 29.7 Å². The summed E-state index contributed by atoms with van der Waals surface area (Å²) in [5.74, 6) is 0.220. The van der Waals surface area contributed by atoms with E-state index in [-0.39, 0.29) is 23.1 Å². The number of phenols is 1. The highest BCUT2D eigenvalue weighted by Crippen LogP contribution is 2.28. The third-order valence-electron chi connectivity index (χ3n) is 8.49. The van der Waals surface area contributed by atoms with Crippen LogP contribution in [0.25, 0.3) is 10.8 Å². The van der Waals surface area contributed by atoms with Crippen molar-refractivity contribution in [2.45, 2.75) is 123 Å². The molecule has 1 atom stereocenters. The van der Waals surface area contributed by atoms with Crippen LogP contribution in [0.15, 0.2) is 60.7 Å². The number of aryl methyl sites for hydroxylation is 1. The van der Waals surface area contributed by atoms with Gasteiger partial charge in [0.1, 0.15) is 11.5 Å². The lowest BCUT2D eigenvalue weighted by molar-refractivity contribution is -0.128. The fourth-order valence-electron chi connectivity index (χ4n) is 5.76. The number of rotatable bonds is 23. The van der Waals surface area contributed by atoms with E-state index in [9.17, 15) is 14.7 Å². The molecule has 3 aromatic rings. The zero-order valence-corrected chi connectivity index (χ0v) is 27.8. The number of hydrogen-bond acceptors (Lipinski definition) is 4. The first-order valence-electron chi connectivity index (χ1n) is 17.6.